The smallest absolute Gasteiger partial charge is 0.229 e. The van der Waals surface area contributed by atoms with Crippen molar-refractivity contribution >= 4 is 22.2 Å². The van der Waals surface area contributed by atoms with Crippen LogP contribution < -0.4 is 11.1 Å². The third-order valence-electron chi connectivity index (χ3n) is 2.49. The highest BCUT2D eigenvalue weighted by Crippen LogP contribution is 2.23. The third-order valence-corrected chi connectivity index (χ3v) is 3.43. The maximum Gasteiger partial charge on any atom is 0.229 e. The lowest BCUT2D eigenvalue weighted by Gasteiger charge is -2.17. The average Bonchev–Trinajstić information content (AvgIpc) is 2.52. The number of hydrogen-bond donors (Lipinski definition) is 2. The Labute approximate surface area is 94.7 Å². The lowest BCUT2D eigenvalue weighted by molar-refractivity contribution is -0.120. The molecule has 0 fully saturated rings. The Balaban J connectivity index is 2.66. The summed E-state index contributed by atoms with van der Waals surface area (Å²) in [5, 5.41) is 5.82. The zero-order valence-electron chi connectivity index (χ0n) is 9.41. The van der Waals surface area contributed by atoms with Gasteiger partial charge in [-0.2, -0.15) is 0 Å². The van der Waals surface area contributed by atoms with Gasteiger partial charge in [-0.25, -0.2) is 0 Å². The van der Waals surface area contributed by atoms with Crippen molar-refractivity contribution in [3.63, 3.8) is 0 Å². The molecule has 0 bridgehead atoms. The molecular weight excluding hydrogens is 208 g/mol. The third kappa shape index (κ3) is 3.04. The van der Waals surface area contributed by atoms with Crippen LogP contribution in [0.1, 0.15) is 19.4 Å². The number of nitrogens with one attached hydrogen (secondary N) is 1. The Kier molecular flexibility index (Phi) is 4.29. The molecule has 4 heteroatoms. The van der Waals surface area contributed by atoms with Crippen LogP contribution >= 0.6 is 11.3 Å². The quantitative estimate of drug-likeness (QED) is 0.827. The first-order valence-corrected chi connectivity index (χ1v) is 5.99. The summed E-state index contributed by atoms with van der Waals surface area (Å²) < 4.78 is 0. The van der Waals surface area contributed by atoms with Crippen LogP contribution in [0.5, 0.6) is 0 Å². The van der Waals surface area contributed by atoms with Crippen molar-refractivity contribution in [1.29, 1.82) is 0 Å². The van der Waals surface area contributed by atoms with Gasteiger partial charge in [0, 0.05) is 6.54 Å². The number of nitrogens with two attached hydrogens (primary N) is 1. The van der Waals surface area contributed by atoms with Crippen molar-refractivity contribution in [2.24, 2.45) is 17.6 Å². The van der Waals surface area contributed by atoms with E-state index in [1.807, 2.05) is 32.2 Å². The first-order chi connectivity index (χ1) is 7.06. The van der Waals surface area contributed by atoms with E-state index >= 15 is 0 Å². The number of rotatable bonds is 4. The molecule has 1 heterocycles. The molecule has 0 aliphatic rings. The lowest BCUT2D eigenvalue weighted by Crippen LogP contribution is -2.32. The van der Waals surface area contributed by atoms with Crippen LogP contribution in [0.15, 0.2) is 11.4 Å². The molecule has 0 radical (unpaired) electrons. The normalized spacial score (nSPS) is 12.9. The topological polar surface area (TPSA) is 55.1 Å². The largest absolute Gasteiger partial charge is 0.330 e. The molecule has 1 aromatic rings. The Morgan fingerprint density at radius 1 is 1.60 bits per heavy atom. The molecule has 0 saturated heterocycles. The van der Waals surface area contributed by atoms with Gasteiger partial charge in [0.1, 0.15) is 0 Å². The highest BCUT2D eigenvalue weighted by molar-refractivity contribution is 7.14. The minimum Gasteiger partial charge on any atom is -0.330 e. The predicted octanol–water partition coefficient (Wildman–Crippen LogP) is 2.23. The molecule has 0 aromatic carbocycles. The standard InChI is InChI=1S/C11H18N2OS/c1-7(2)9(6-12)10(14)13-11-8(3)4-5-15-11/h4-5,7,9H,6,12H2,1-3H3,(H,13,14). The van der Waals surface area contributed by atoms with Crippen molar-refractivity contribution < 1.29 is 4.79 Å². The van der Waals surface area contributed by atoms with Crippen LogP contribution in [0.2, 0.25) is 0 Å². The van der Waals surface area contributed by atoms with Gasteiger partial charge in [0.2, 0.25) is 5.91 Å². The first kappa shape index (κ1) is 12.2. The van der Waals surface area contributed by atoms with Crippen LogP contribution in [0.25, 0.3) is 0 Å². The monoisotopic (exact) mass is 226 g/mol. The molecule has 1 atom stereocenters. The Morgan fingerprint density at radius 2 is 2.27 bits per heavy atom. The Morgan fingerprint density at radius 3 is 2.67 bits per heavy atom. The highest BCUT2D eigenvalue weighted by atomic mass is 32.1. The second-order valence-electron chi connectivity index (χ2n) is 4.01. The number of hydrogen-bond acceptors (Lipinski definition) is 3. The van der Waals surface area contributed by atoms with E-state index in [1.54, 1.807) is 11.3 Å². The number of thiophene rings is 1. The zero-order chi connectivity index (χ0) is 11.4. The van der Waals surface area contributed by atoms with Crippen molar-refractivity contribution in [3.8, 4) is 0 Å². The van der Waals surface area contributed by atoms with Crippen LogP contribution in [-0.4, -0.2) is 12.5 Å². The van der Waals surface area contributed by atoms with E-state index in [4.69, 9.17) is 5.73 Å². The molecular formula is C11H18N2OS. The van der Waals surface area contributed by atoms with Crippen LogP contribution in [0.4, 0.5) is 5.00 Å². The Bertz CT molecular complexity index is 333. The van der Waals surface area contributed by atoms with Crippen LogP contribution in [0, 0.1) is 18.8 Å². The molecule has 3 N–H and O–H groups in total. The van der Waals surface area contributed by atoms with Crippen molar-refractivity contribution in [1.82, 2.24) is 0 Å². The minimum atomic E-state index is -0.105. The van der Waals surface area contributed by atoms with Crippen molar-refractivity contribution in [2.75, 3.05) is 11.9 Å². The van der Waals surface area contributed by atoms with E-state index in [-0.39, 0.29) is 17.7 Å². The molecule has 0 saturated carbocycles. The van der Waals surface area contributed by atoms with Gasteiger partial charge >= 0.3 is 0 Å². The second kappa shape index (κ2) is 5.28. The fourth-order valence-electron chi connectivity index (χ4n) is 1.39. The SMILES string of the molecule is Cc1ccsc1NC(=O)C(CN)C(C)C. The summed E-state index contributed by atoms with van der Waals surface area (Å²) in [4.78, 5) is 11.9. The number of amides is 1. The lowest BCUT2D eigenvalue weighted by atomic mass is 9.95. The van der Waals surface area contributed by atoms with Gasteiger partial charge < -0.3 is 11.1 Å². The van der Waals surface area contributed by atoms with Crippen LogP contribution in [-0.2, 0) is 4.79 Å². The summed E-state index contributed by atoms with van der Waals surface area (Å²) in [5.41, 5.74) is 6.69. The maximum atomic E-state index is 11.9. The molecule has 1 amide bonds. The summed E-state index contributed by atoms with van der Waals surface area (Å²) in [5.74, 6) is 0.194. The summed E-state index contributed by atoms with van der Waals surface area (Å²) in [7, 11) is 0. The van der Waals surface area contributed by atoms with E-state index in [1.165, 1.54) is 0 Å². The molecule has 84 valence electrons. The van der Waals surface area contributed by atoms with Crippen LogP contribution in [0.3, 0.4) is 0 Å². The van der Waals surface area contributed by atoms with Gasteiger partial charge in [-0.05, 0) is 29.9 Å². The van der Waals surface area contributed by atoms with Gasteiger partial charge in [0.05, 0.1) is 10.9 Å². The molecule has 1 rings (SSSR count). The molecule has 1 unspecified atom stereocenters. The van der Waals surface area contributed by atoms with E-state index in [0.29, 0.717) is 6.54 Å². The van der Waals surface area contributed by atoms with E-state index in [9.17, 15) is 4.79 Å². The van der Waals surface area contributed by atoms with Gasteiger partial charge in [-0.1, -0.05) is 13.8 Å². The summed E-state index contributed by atoms with van der Waals surface area (Å²) >= 11 is 1.54. The summed E-state index contributed by atoms with van der Waals surface area (Å²) in [6.07, 6.45) is 0. The van der Waals surface area contributed by atoms with E-state index in [2.05, 4.69) is 5.32 Å². The van der Waals surface area contributed by atoms with Gasteiger partial charge in [-0.15, -0.1) is 11.3 Å². The average molecular weight is 226 g/mol. The summed E-state index contributed by atoms with van der Waals surface area (Å²) in [6.45, 7) is 6.41. The van der Waals surface area contributed by atoms with Crippen molar-refractivity contribution in [3.05, 3.63) is 17.0 Å². The van der Waals surface area contributed by atoms with Crippen molar-refractivity contribution in [2.45, 2.75) is 20.8 Å². The van der Waals surface area contributed by atoms with Gasteiger partial charge in [-0.3, -0.25) is 4.79 Å². The maximum absolute atomic E-state index is 11.9. The number of aryl methyl sites for hydroxylation is 1. The molecule has 1 aromatic heterocycles. The molecule has 3 nitrogen and oxygen atoms in total. The highest BCUT2D eigenvalue weighted by Gasteiger charge is 2.21. The molecule has 15 heavy (non-hydrogen) atoms. The minimum absolute atomic E-state index is 0.0260. The fourth-order valence-corrected chi connectivity index (χ4v) is 2.21. The van der Waals surface area contributed by atoms with E-state index < -0.39 is 0 Å². The predicted molar refractivity (Wildman–Crippen MR) is 65.1 cm³/mol. The molecule has 0 aliphatic carbocycles. The van der Waals surface area contributed by atoms with Gasteiger partial charge in [0.25, 0.3) is 0 Å². The second-order valence-corrected chi connectivity index (χ2v) is 4.92. The zero-order valence-corrected chi connectivity index (χ0v) is 10.2. The molecule has 0 spiro atoms. The molecule has 0 aliphatic heterocycles. The number of carbonyl (C=O) groups is 1. The van der Waals surface area contributed by atoms with E-state index in [0.717, 1.165) is 10.6 Å². The number of carbonyl (C=O) groups excluding carboxylic acids is 1. The number of anilines is 1. The Hall–Kier alpha value is -0.870. The fraction of sp³-hybridized carbons (Fsp3) is 0.545. The first-order valence-electron chi connectivity index (χ1n) is 5.11. The summed E-state index contributed by atoms with van der Waals surface area (Å²) in [6, 6.07) is 1.99. The van der Waals surface area contributed by atoms with Gasteiger partial charge in [0.15, 0.2) is 0 Å².